The van der Waals surface area contributed by atoms with Crippen LogP contribution in [0.25, 0.3) is 0 Å². The van der Waals surface area contributed by atoms with Gasteiger partial charge < -0.3 is 20.1 Å². The molecule has 0 saturated carbocycles. The Hall–Kier alpha value is -3.02. The zero-order chi connectivity index (χ0) is 17.8. The van der Waals surface area contributed by atoms with E-state index in [1.165, 1.54) is 0 Å². The van der Waals surface area contributed by atoms with E-state index in [1.807, 2.05) is 12.1 Å². The van der Waals surface area contributed by atoms with Crippen LogP contribution in [0.1, 0.15) is 21.5 Å². The van der Waals surface area contributed by atoms with Crippen molar-refractivity contribution in [2.45, 2.75) is 12.8 Å². The van der Waals surface area contributed by atoms with Gasteiger partial charge in [-0.3, -0.25) is 9.59 Å². The van der Waals surface area contributed by atoms with Crippen molar-refractivity contribution in [1.29, 1.82) is 0 Å². The van der Waals surface area contributed by atoms with Crippen molar-refractivity contribution in [3.8, 4) is 11.5 Å². The summed E-state index contributed by atoms with van der Waals surface area (Å²) < 4.78 is 10.7. The Balaban J connectivity index is 1.83. The Kier molecular flexibility index (Phi) is 4.88. The average Bonchev–Trinajstić information content (AvgIpc) is 2.62. The molecule has 0 spiro atoms. The molecule has 1 heterocycles. The molecule has 2 N–H and O–H groups in total. The molecule has 0 unspecified atom stereocenters. The van der Waals surface area contributed by atoms with Crippen molar-refractivity contribution >= 4 is 17.5 Å². The Morgan fingerprint density at radius 1 is 1.12 bits per heavy atom. The minimum absolute atomic E-state index is 0.108. The Bertz CT molecular complexity index is 795. The summed E-state index contributed by atoms with van der Waals surface area (Å²) in [7, 11) is 3.12. The first-order chi connectivity index (χ1) is 12.1. The zero-order valence-electron chi connectivity index (χ0n) is 14.2. The quantitative estimate of drug-likeness (QED) is 0.875. The molecular weight excluding hydrogens is 320 g/mol. The molecule has 0 atom stereocenters. The molecule has 6 heteroatoms. The van der Waals surface area contributed by atoms with E-state index >= 15 is 0 Å². The summed E-state index contributed by atoms with van der Waals surface area (Å²) in [6.45, 7) is 0.569. The molecule has 6 nitrogen and oxygen atoms in total. The van der Waals surface area contributed by atoms with Crippen LogP contribution in [0.5, 0.6) is 11.5 Å². The molecular formula is C19H20N2O4. The molecule has 0 saturated heterocycles. The van der Waals surface area contributed by atoms with Gasteiger partial charge in [-0.25, -0.2) is 0 Å². The highest BCUT2D eigenvalue weighted by Crippen LogP contribution is 2.29. The van der Waals surface area contributed by atoms with Crippen molar-refractivity contribution < 1.29 is 19.1 Å². The first kappa shape index (κ1) is 16.8. The highest BCUT2D eigenvalue weighted by Gasteiger charge is 2.21. The van der Waals surface area contributed by atoms with Gasteiger partial charge in [0.1, 0.15) is 11.5 Å². The molecule has 0 aromatic heterocycles. The molecule has 0 radical (unpaired) electrons. The van der Waals surface area contributed by atoms with Crippen LogP contribution >= 0.6 is 0 Å². The van der Waals surface area contributed by atoms with E-state index in [0.717, 1.165) is 5.56 Å². The van der Waals surface area contributed by atoms with Crippen LogP contribution in [-0.2, 0) is 17.6 Å². The highest BCUT2D eigenvalue weighted by molar-refractivity contribution is 6.00. The van der Waals surface area contributed by atoms with E-state index in [9.17, 15) is 9.59 Å². The van der Waals surface area contributed by atoms with Gasteiger partial charge in [-0.15, -0.1) is 0 Å². The largest absolute Gasteiger partial charge is 0.496 e. The summed E-state index contributed by atoms with van der Waals surface area (Å²) in [6.07, 6.45) is 0.804. The first-order valence-electron chi connectivity index (χ1n) is 8.04. The fourth-order valence-electron chi connectivity index (χ4n) is 3.04. The number of benzene rings is 2. The number of amides is 2. The fourth-order valence-corrected chi connectivity index (χ4v) is 3.04. The van der Waals surface area contributed by atoms with Crippen molar-refractivity contribution in [3.63, 3.8) is 0 Å². The topological polar surface area (TPSA) is 76.7 Å². The van der Waals surface area contributed by atoms with Crippen LogP contribution in [0.15, 0.2) is 36.4 Å². The second kappa shape index (κ2) is 7.25. The summed E-state index contributed by atoms with van der Waals surface area (Å²) in [6, 6.07) is 10.7. The Labute approximate surface area is 146 Å². The van der Waals surface area contributed by atoms with Gasteiger partial charge in [-0.05, 0) is 36.2 Å². The number of carbonyl (C=O) groups excluding carboxylic acids is 2. The predicted molar refractivity (Wildman–Crippen MR) is 94.4 cm³/mol. The molecule has 0 fully saturated rings. The van der Waals surface area contributed by atoms with Gasteiger partial charge in [0.2, 0.25) is 5.91 Å². The molecule has 1 aliphatic heterocycles. The molecule has 0 bridgehead atoms. The van der Waals surface area contributed by atoms with Crippen molar-refractivity contribution in [3.05, 3.63) is 53.1 Å². The standard InChI is InChI=1S/C19H20N2O4/c1-24-16-7-4-8-17(25-2)14(16)11-18(22)21-15-6-3-5-13-12(15)9-10-20-19(13)23/h3-8H,9-11H2,1-2H3,(H,20,23)(H,21,22). The third-order valence-corrected chi connectivity index (χ3v) is 4.22. The summed E-state index contributed by atoms with van der Waals surface area (Å²) in [5, 5.41) is 5.72. The summed E-state index contributed by atoms with van der Waals surface area (Å²) >= 11 is 0. The summed E-state index contributed by atoms with van der Waals surface area (Å²) in [4.78, 5) is 24.5. The van der Waals surface area contributed by atoms with Crippen molar-refractivity contribution in [2.24, 2.45) is 0 Å². The molecule has 2 aromatic rings. The van der Waals surface area contributed by atoms with Gasteiger partial charge in [-0.2, -0.15) is 0 Å². The van der Waals surface area contributed by atoms with Crippen LogP contribution in [0.2, 0.25) is 0 Å². The molecule has 2 aromatic carbocycles. The first-order valence-corrected chi connectivity index (χ1v) is 8.04. The number of anilines is 1. The van der Waals surface area contributed by atoms with Crippen molar-refractivity contribution in [2.75, 3.05) is 26.1 Å². The van der Waals surface area contributed by atoms with Gasteiger partial charge in [-0.1, -0.05) is 12.1 Å². The van der Waals surface area contributed by atoms with E-state index in [-0.39, 0.29) is 18.2 Å². The maximum atomic E-state index is 12.6. The molecule has 2 amide bonds. The van der Waals surface area contributed by atoms with Crippen molar-refractivity contribution in [1.82, 2.24) is 5.32 Å². The number of fused-ring (bicyclic) bond motifs is 1. The van der Waals surface area contributed by atoms with Gasteiger partial charge in [0.05, 0.1) is 20.6 Å². The van der Waals surface area contributed by atoms with Gasteiger partial charge in [0.15, 0.2) is 0 Å². The lowest BCUT2D eigenvalue weighted by molar-refractivity contribution is -0.115. The van der Waals surface area contributed by atoms with Crippen LogP contribution < -0.4 is 20.1 Å². The van der Waals surface area contributed by atoms with E-state index in [2.05, 4.69) is 10.6 Å². The minimum Gasteiger partial charge on any atom is -0.496 e. The lowest BCUT2D eigenvalue weighted by Gasteiger charge is -2.20. The number of hydrogen-bond acceptors (Lipinski definition) is 4. The normalized spacial score (nSPS) is 12.8. The Morgan fingerprint density at radius 2 is 1.80 bits per heavy atom. The predicted octanol–water partition coefficient (Wildman–Crippen LogP) is 2.17. The third kappa shape index (κ3) is 3.42. The molecule has 25 heavy (non-hydrogen) atoms. The SMILES string of the molecule is COc1cccc(OC)c1CC(=O)Nc1cccc2c1CCNC2=O. The molecule has 130 valence electrons. The lowest BCUT2D eigenvalue weighted by Crippen LogP contribution is -2.32. The number of nitrogens with one attached hydrogen (secondary N) is 2. The maximum Gasteiger partial charge on any atom is 0.251 e. The molecule has 1 aliphatic rings. The average molecular weight is 340 g/mol. The minimum atomic E-state index is -0.192. The second-order valence-corrected chi connectivity index (χ2v) is 5.70. The number of methoxy groups -OCH3 is 2. The zero-order valence-corrected chi connectivity index (χ0v) is 14.2. The monoisotopic (exact) mass is 340 g/mol. The molecule has 3 rings (SSSR count). The lowest BCUT2D eigenvalue weighted by atomic mass is 9.98. The van der Waals surface area contributed by atoms with E-state index in [1.54, 1.807) is 38.5 Å². The highest BCUT2D eigenvalue weighted by atomic mass is 16.5. The smallest absolute Gasteiger partial charge is 0.251 e. The Morgan fingerprint density at radius 3 is 2.48 bits per heavy atom. The number of ether oxygens (including phenoxy) is 2. The number of rotatable bonds is 5. The molecule has 0 aliphatic carbocycles. The van der Waals surface area contributed by atoms with Gasteiger partial charge in [0.25, 0.3) is 5.91 Å². The summed E-state index contributed by atoms with van der Waals surface area (Å²) in [5.74, 6) is 0.902. The van der Waals surface area contributed by atoms with Crippen LogP contribution in [0, 0.1) is 0 Å². The number of carbonyl (C=O) groups is 2. The van der Waals surface area contributed by atoms with E-state index in [4.69, 9.17) is 9.47 Å². The fraction of sp³-hybridized carbons (Fsp3) is 0.263. The van der Waals surface area contributed by atoms with Crippen LogP contribution in [0.4, 0.5) is 5.69 Å². The van der Waals surface area contributed by atoms with Gasteiger partial charge in [0, 0.05) is 23.4 Å². The maximum absolute atomic E-state index is 12.6. The number of hydrogen-bond donors (Lipinski definition) is 2. The van der Waals surface area contributed by atoms with Crippen LogP contribution in [0.3, 0.4) is 0 Å². The second-order valence-electron chi connectivity index (χ2n) is 5.70. The van der Waals surface area contributed by atoms with E-state index in [0.29, 0.717) is 41.3 Å². The van der Waals surface area contributed by atoms with Crippen LogP contribution in [-0.4, -0.2) is 32.6 Å². The van der Waals surface area contributed by atoms with E-state index < -0.39 is 0 Å². The summed E-state index contributed by atoms with van der Waals surface area (Å²) in [5.41, 5.74) is 2.84. The van der Waals surface area contributed by atoms with Gasteiger partial charge >= 0.3 is 0 Å². The third-order valence-electron chi connectivity index (χ3n) is 4.22.